The molecule has 0 spiro atoms. The number of carbonyl (C=O) groups excluding carboxylic acids is 4. The lowest BCUT2D eigenvalue weighted by atomic mass is 10.3. The van der Waals surface area contributed by atoms with Crippen molar-refractivity contribution in [3.8, 4) is 0 Å². The first-order valence-corrected chi connectivity index (χ1v) is 67.0. The Labute approximate surface area is 542 Å². The van der Waals surface area contributed by atoms with E-state index < -0.39 is 121 Å². The first kappa shape index (κ1) is 86.3. The zero-order chi connectivity index (χ0) is 68.3. The van der Waals surface area contributed by atoms with Crippen molar-refractivity contribution in [1.82, 2.24) is 21.3 Å². The molecule has 506 valence electrons. The van der Waals surface area contributed by atoms with E-state index in [-0.39, 0.29) is 23.6 Å². The van der Waals surface area contributed by atoms with Crippen LogP contribution in [0.5, 0.6) is 0 Å². The van der Waals surface area contributed by atoms with Crippen molar-refractivity contribution in [2.45, 2.75) is 228 Å². The van der Waals surface area contributed by atoms with Crippen LogP contribution in [0.25, 0.3) is 0 Å². The maximum atomic E-state index is 12.2. The molecule has 0 heterocycles. The molecule has 4 amide bonds. The average Bonchev–Trinajstić information content (AvgIpc) is 1.16. The number of hydrogen-bond donors (Lipinski definition) is 5. The summed E-state index contributed by atoms with van der Waals surface area (Å²) < 4.78 is 91.8. The largest absolute Gasteiger partial charge is 0.475 e. The van der Waals surface area contributed by atoms with Gasteiger partial charge in [-0.05, 0) is 208 Å². The minimum absolute atomic E-state index is 0.175. The zero-order valence-electron chi connectivity index (χ0n) is 58.7. The zero-order valence-corrected chi connectivity index (χ0v) is 72.7. The topological polar surface area (TPSA) is 257 Å². The summed E-state index contributed by atoms with van der Waals surface area (Å²) in [5.41, 5.74) is 1.79. The van der Waals surface area contributed by atoms with Crippen LogP contribution in [-0.4, -0.2) is 176 Å². The van der Waals surface area contributed by atoms with Crippen molar-refractivity contribution in [1.29, 1.82) is 0 Å². The fraction of sp³-hybridized carbons (Fsp3) is 0.765. The van der Waals surface area contributed by atoms with Gasteiger partial charge < -0.3 is 79.6 Å². The number of rotatable bonds is 46. The quantitative estimate of drug-likeness (QED) is 0.0216. The number of hydrogen-bond acceptors (Lipinski definition) is 18. The average molecular weight is 1470 g/mol. The van der Waals surface area contributed by atoms with E-state index in [1.165, 1.54) is 0 Å². The van der Waals surface area contributed by atoms with Gasteiger partial charge in [0.1, 0.15) is 0 Å². The van der Waals surface area contributed by atoms with E-state index in [0.717, 1.165) is 37.4 Å². The SMILES string of the molecule is C=C(C)C(=O)NCCC[Si](C)O[Si](C)(C)O[Si](C)(C)O[Si](C)(O[Si](C)(C)O[Si](C)(C)O[Si](C)(C)CCCNC(=O)C(=C)C)O[Si](C)(O[Si](C)(C)O[Si](C)(C)O[Si](C)(C)CCCNC(=O)C(=C)C)O[Si](C)(C)O[Si](C)(O)O[Si](C)CCCNC(=O)C(=C)C. The van der Waals surface area contributed by atoms with Gasteiger partial charge in [-0.1, -0.05) is 26.3 Å². The second kappa shape index (κ2) is 35.7. The van der Waals surface area contributed by atoms with E-state index in [2.05, 4.69) is 80.3 Å². The molecule has 3 atom stereocenters. The molecule has 0 aromatic heterocycles. The van der Waals surface area contributed by atoms with Crippen LogP contribution in [0.1, 0.15) is 53.4 Å². The molecule has 0 bridgehead atoms. The smallest absolute Gasteiger partial charge is 0.436 e. The lowest BCUT2D eigenvalue weighted by Crippen LogP contribution is -2.69. The molecule has 0 rings (SSSR count). The van der Waals surface area contributed by atoms with Gasteiger partial charge in [-0.15, -0.1) is 0 Å². The fourth-order valence-electron chi connectivity index (χ4n) is 10.0. The van der Waals surface area contributed by atoms with E-state index in [1.54, 1.807) is 40.8 Å². The predicted molar refractivity (Wildman–Crippen MR) is 381 cm³/mol. The van der Waals surface area contributed by atoms with Crippen molar-refractivity contribution in [2.75, 3.05) is 26.2 Å². The van der Waals surface area contributed by atoms with Crippen molar-refractivity contribution >= 4 is 145 Å². The Morgan fingerprint density at radius 3 is 0.874 bits per heavy atom. The summed E-state index contributed by atoms with van der Waals surface area (Å²) >= 11 is 0. The summed E-state index contributed by atoms with van der Waals surface area (Å²) in [4.78, 5) is 60.8. The monoisotopic (exact) mass is 1470 g/mol. The van der Waals surface area contributed by atoms with Crippen molar-refractivity contribution < 1.29 is 77.5 Å². The molecule has 0 aliphatic rings. The van der Waals surface area contributed by atoms with Crippen LogP contribution < -0.4 is 21.3 Å². The van der Waals surface area contributed by atoms with E-state index in [1.807, 2.05) is 105 Å². The van der Waals surface area contributed by atoms with Gasteiger partial charge in [-0.3, -0.25) is 19.2 Å². The summed E-state index contributed by atoms with van der Waals surface area (Å²) in [5.74, 6) is -0.740. The molecular formula is C51H118N4O18Si14. The normalized spacial score (nSPS) is 15.5. The summed E-state index contributed by atoms with van der Waals surface area (Å²) in [5, 5.41) is 11.6. The molecule has 87 heavy (non-hydrogen) atoms. The highest BCUT2D eigenvalue weighted by atomic mass is 28.6. The summed E-state index contributed by atoms with van der Waals surface area (Å²) in [6.45, 7) is 68.7. The molecule has 22 nitrogen and oxygen atoms in total. The molecule has 0 fully saturated rings. The molecule has 0 saturated heterocycles. The molecule has 0 aliphatic carbocycles. The van der Waals surface area contributed by atoms with Gasteiger partial charge in [-0.2, -0.15) is 0 Å². The van der Waals surface area contributed by atoms with Crippen LogP contribution in [-0.2, 0) is 72.7 Å². The molecule has 0 aromatic carbocycles. The molecule has 0 aliphatic heterocycles. The Bertz CT molecular complexity index is 2160. The first-order chi connectivity index (χ1) is 38.9. The second-order valence-electron chi connectivity index (χ2n) is 27.2. The van der Waals surface area contributed by atoms with Crippen molar-refractivity contribution in [3.05, 3.63) is 48.6 Å². The lowest BCUT2D eigenvalue weighted by molar-refractivity contribution is -0.118. The molecule has 3 unspecified atom stereocenters. The lowest BCUT2D eigenvalue weighted by Gasteiger charge is -2.48. The third kappa shape index (κ3) is 40.2. The third-order valence-corrected chi connectivity index (χ3v) is 63.7. The van der Waals surface area contributed by atoms with Gasteiger partial charge in [0.05, 0.1) is 0 Å². The maximum Gasteiger partial charge on any atom is 0.475 e. The molecule has 0 aromatic rings. The van der Waals surface area contributed by atoms with E-state index in [9.17, 15) is 24.0 Å². The van der Waals surface area contributed by atoms with Gasteiger partial charge in [-0.25, -0.2) is 0 Å². The number of nitrogens with one attached hydrogen (secondary N) is 4. The standard InChI is InChI=1S/C51H118N4O18Si14/c1-44(2)48(56)52-36-32-40-74(9)61-78(15,16)65-81(21,22)69-86(30,70-82(23,24)66-79(17,18)63-76(11,12)42-34-38-54-50(58)46(5)6)73-87(31,72-84(27,28)68-85(29,60)62-75(10)41-33-37-53-49(57)45(3)4)71-83(25,26)67-80(19,20)64-77(13,14)43-35-39-55-51(59)47(7)8/h60H,1,3,5,7,32-43H2,2,4,6,8-31H3,(H,52,56)(H,53,57)(H,54,58)(H,55,59). The van der Waals surface area contributed by atoms with Crippen molar-refractivity contribution in [2.24, 2.45) is 0 Å². The van der Waals surface area contributed by atoms with Crippen LogP contribution >= 0.6 is 0 Å². The van der Waals surface area contributed by atoms with E-state index in [0.29, 0.717) is 60.9 Å². The Kier molecular flexibility index (Phi) is 35.4. The molecular weight excluding hydrogens is 1350 g/mol. The highest BCUT2D eigenvalue weighted by molar-refractivity contribution is 6.95. The van der Waals surface area contributed by atoms with E-state index >= 15 is 0 Å². The van der Waals surface area contributed by atoms with Crippen molar-refractivity contribution in [3.63, 3.8) is 0 Å². The third-order valence-electron chi connectivity index (χ3n) is 11.8. The second-order valence-corrected chi connectivity index (χ2v) is 74.5. The Morgan fingerprint density at radius 2 is 0.586 bits per heavy atom. The van der Waals surface area contributed by atoms with Crippen LogP contribution in [0, 0.1) is 0 Å². The van der Waals surface area contributed by atoms with Gasteiger partial charge in [0.25, 0.3) is 0 Å². The number of amides is 4. The molecule has 5 N–H and O–H groups in total. The minimum atomic E-state index is -4.23. The summed E-state index contributed by atoms with van der Waals surface area (Å²) in [6, 6.07) is 2.94. The minimum Gasteiger partial charge on any atom is -0.436 e. The fourth-order valence-corrected chi connectivity index (χ4v) is 74.1. The van der Waals surface area contributed by atoms with Crippen LogP contribution in [0.3, 0.4) is 0 Å². The Hall–Kier alpha value is -0.684. The molecule has 0 saturated carbocycles. The highest BCUT2D eigenvalue weighted by Gasteiger charge is 2.60. The number of carbonyl (C=O) groups is 4. The maximum absolute atomic E-state index is 12.2. The predicted octanol–water partition coefficient (Wildman–Crippen LogP) is 10.8. The Balaban J connectivity index is 7.70. The van der Waals surface area contributed by atoms with Crippen LogP contribution in [0.2, 0.25) is 175 Å². The van der Waals surface area contributed by atoms with Crippen LogP contribution in [0.4, 0.5) is 0 Å². The van der Waals surface area contributed by atoms with E-state index in [4.69, 9.17) is 53.5 Å². The molecule has 36 heteroatoms. The van der Waals surface area contributed by atoms with Gasteiger partial charge in [0.15, 0.2) is 34.7 Å². The highest BCUT2D eigenvalue weighted by Crippen LogP contribution is 2.36. The summed E-state index contributed by atoms with van der Waals surface area (Å²) in [7, 11) is -42.7. The van der Waals surface area contributed by atoms with Gasteiger partial charge in [0.2, 0.25) is 23.6 Å². The van der Waals surface area contributed by atoms with Gasteiger partial charge >= 0.3 is 86.3 Å². The van der Waals surface area contributed by atoms with Crippen LogP contribution in [0.15, 0.2) is 48.6 Å². The molecule has 2 radical (unpaired) electrons. The first-order valence-electron chi connectivity index (χ1n) is 30.1. The van der Waals surface area contributed by atoms with Gasteiger partial charge in [0, 0.05) is 68.1 Å². The Morgan fingerprint density at radius 1 is 0.345 bits per heavy atom. The summed E-state index contributed by atoms with van der Waals surface area (Å²) in [6.07, 6.45) is 2.81.